The Hall–Kier alpha value is -2.56. The summed E-state index contributed by atoms with van der Waals surface area (Å²) in [5.41, 5.74) is 7.70. The summed E-state index contributed by atoms with van der Waals surface area (Å²) in [7, 11) is 0. The third-order valence-electron chi connectivity index (χ3n) is 4.15. The van der Waals surface area contributed by atoms with E-state index in [0.717, 1.165) is 30.9 Å². The van der Waals surface area contributed by atoms with Crippen molar-refractivity contribution in [1.29, 1.82) is 0 Å². The maximum Gasteiger partial charge on any atom is 0.256 e. The first kappa shape index (κ1) is 15.3. The summed E-state index contributed by atoms with van der Waals surface area (Å²) in [6.45, 7) is 2.81. The average molecular weight is 313 g/mol. The minimum atomic E-state index is -0.461. The van der Waals surface area contributed by atoms with Gasteiger partial charge in [0.15, 0.2) is 0 Å². The highest BCUT2D eigenvalue weighted by Gasteiger charge is 2.22. The van der Waals surface area contributed by atoms with Crippen LogP contribution in [0.3, 0.4) is 0 Å². The molecule has 5 heteroatoms. The molecule has 2 aromatic carbocycles. The van der Waals surface area contributed by atoms with Crippen molar-refractivity contribution in [2.45, 2.75) is 6.42 Å². The van der Waals surface area contributed by atoms with Crippen LogP contribution in [-0.4, -0.2) is 37.0 Å². The highest BCUT2D eigenvalue weighted by molar-refractivity contribution is 5.94. The van der Waals surface area contributed by atoms with Crippen LogP contribution < -0.4 is 10.6 Å². The van der Waals surface area contributed by atoms with Gasteiger partial charge in [0.05, 0.1) is 5.56 Å². The Morgan fingerprint density at radius 1 is 0.957 bits per heavy atom. The molecule has 0 unspecified atom stereocenters. The molecule has 1 aliphatic heterocycles. The number of nitrogens with two attached hydrogens (primary N) is 1. The second-order valence-corrected chi connectivity index (χ2v) is 5.70. The number of nitrogens with zero attached hydrogens (tertiary/aromatic N) is 2. The van der Waals surface area contributed by atoms with Crippen LogP contribution in [0.1, 0.15) is 16.8 Å². The molecule has 1 aliphatic rings. The normalized spacial score (nSPS) is 15.3. The Labute approximate surface area is 135 Å². The van der Waals surface area contributed by atoms with Crippen LogP contribution >= 0.6 is 0 Å². The molecule has 2 aromatic rings. The largest absolute Gasteiger partial charge is 0.399 e. The van der Waals surface area contributed by atoms with Crippen LogP contribution in [-0.2, 0) is 0 Å². The smallest absolute Gasteiger partial charge is 0.256 e. The monoisotopic (exact) mass is 313 g/mol. The molecule has 2 N–H and O–H groups in total. The number of rotatable bonds is 2. The number of anilines is 2. The van der Waals surface area contributed by atoms with Crippen LogP contribution in [0, 0.1) is 5.82 Å². The molecule has 0 bridgehead atoms. The van der Waals surface area contributed by atoms with Crippen LogP contribution in [0.25, 0.3) is 0 Å². The molecule has 0 aromatic heterocycles. The van der Waals surface area contributed by atoms with Crippen LogP contribution in [0.5, 0.6) is 0 Å². The maximum absolute atomic E-state index is 13.8. The Morgan fingerprint density at radius 2 is 1.70 bits per heavy atom. The molecule has 1 saturated heterocycles. The summed E-state index contributed by atoms with van der Waals surface area (Å²) in [6, 6.07) is 13.9. The zero-order valence-corrected chi connectivity index (χ0v) is 12.9. The molecular weight excluding hydrogens is 293 g/mol. The van der Waals surface area contributed by atoms with Crippen LogP contribution in [0.15, 0.2) is 48.5 Å². The summed E-state index contributed by atoms with van der Waals surface area (Å²) in [5.74, 6) is -0.695. The molecule has 0 spiro atoms. The first-order chi connectivity index (χ1) is 11.1. The summed E-state index contributed by atoms with van der Waals surface area (Å²) in [4.78, 5) is 16.5. The molecule has 1 heterocycles. The Balaban J connectivity index is 1.70. The van der Waals surface area contributed by atoms with Crippen molar-refractivity contribution in [2.75, 3.05) is 36.8 Å². The molecular formula is C18H20FN3O. The molecule has 0 atom stereocenters. The highest BCUT2D eigenvalue weighted by Crippen LogP contribution is 2.19. The fourth-order valence-electron chi connectivity index (χ4n) is 2.87. The topological polar surface area (TPSA) is 49.6 Å². The Morgan fingerprint density at radius 3 is 2.43 bits per heavy atom. The number of amides is 1. The zero-order chi connectivity index (χ0) is 16.2. The highest BCUT2D eigenvalue weighted by atomic mass is 19.1. The Bertz CT molecular complexity index is 687. The molecule has 23 heavy (non-hydrogen) atoms. The van der Waals surface area contributed by atoms with Gasteiger partial charge in [-0.1, -0.05) is 12.1 Å². The minimum absolute atomic E-state index is 0.147. The van der Waals surface area contributed by atoms with Crippen LogP contribution in [0.2, 0.25) is 0 Å². The van der Waals surface area contributed by atoms with Crippen molar-refractivity contribution in [1.82, 2.24) is 4.90 Å². The average Bonchev–Trinajstić information content (AvgIpc) is 2.81. The van der Waals surface area contributed by atoms with Crippen molar-refractivity contribution in [3.05, 3.63) is 59.9 Å². The number of nitrogen functional groups attached to an aromatic ring is 1. The molecule has 0 aliphatic carbocycles. The summed E-state index contributed by atoms with van der Waals surface area (Å²) < 4.78 is 13.8. The molecule has 120 valence electrons. The van der Waals surface area contributed by atoms with E-state index in [0.29, 0.717) is 13.1 Å². The third-order valence-corrected chi connectivity index (χ3v) is 4.15. The van der Waals surface area contributed by atoms with Gasteiger partial charge in [0, 0.05) is 37.6 Å². The van der Waals surface area contributed by atoms with Gasteiger partial charge >= 0.3 is 0 Å². The van der Waals surface area contributed by atoms with Gasteiger partial charge in [0.25, 0.3) is 5.91 Å². The number of halogens is 1. The van der Waals surface area contributed by atoms with E-state index in [2.05, 4.69) is 4.90 Å². The lowest BCUT2D eigenvalue weighted by Gasteiger charge is -2.24. The van der Waals surface area contributed by atoms with Crippen molar-refractivity contribution >= 4 is 17.3 Å². The number of benzene rings is 2. The van der Waals surface area contributed by atoms with Gasteiger partial charge in [0.2, 0.25) is 0 Å². The number of hydrogen-bond donors (Lipinski definition) is 1. The summed E-state index contributed by atoms with van der Waals surface area (Å²) in [6.07, 6.45) is 0.852. The van der Waals surface area contributed by atoms with Crippen LogP contribution in [0.4, 0.5) is 15.8 Å². The third kappa shape index (κ3) is 3.44. The SMILES string of the molecule is Nc1ccc(N2CCCN(C(=O)c3ccccc3F)CC2)cc1. The van der Waals surface area contributed by atoms with Gasteiger partial charge in [-0.15, -0.1) is 0 Å². The van der Waals surface area contributed by atoms with Crippen molar-refractivity contribution in [3.63, 3.8) is 0 Å². The summed E-state index contributed by atoms with van der Waals surface area (Å²) >= 11 is 0. The molecule has 4 nitrogen and oxygen atoms in total. The van der Waals surface area contributed by atoms with E-state index in [9.17, 15) is 9.18 Å². The standard InChI is InChI=1S/C18H20FN3O/c19-17-5-2-1-4-16(17)18(23)22-11-3-10-21(12-13-22)15-8-6-14(20)7-9-15/h1-2,4-9H,3,10-13,20H2. The van der Waals surface area contributed by atoms with Crippen molar-refractivity contribution in [3.8, 4) is 0 Å². The lowest BCUT2D eigenvalue weighted by molar-refractivity contribution is 0.0762. The second kappa shape index (κ2) is 6.69. The molecule has 1 fully saturated rings. The number of hydrogen-bond acceptors (Lipinski definition) is 3. The molecule has 0 radical (unpaired) electrons. The second-order valence-electron chi connectivity index (χ2n) is 5.70. The fourth-order valence-corrected chi connectivity index (χ4v) is 2.87. The first-order valence-corrected chi connectivity index (χ1v) is 7.79. The Kier molecular flexibility index (Phi) is 4.46. The van der Waals surface area contributed by atoms with Gasteiger partial charge in [-0.3, -0.25) is 4.79 Å². The zero-order valence-electron chi connectivity index (χ0n) is 12.9. The van der Waals surface area contributed by atoms with E-state index < -0.39 is 5.82 Å². The number of carbonyl (C=O) groups is 1. The van der Waals surface area contributed by atoms with Gasteiger partial charge in [-0.25, -0.2) is 4.39 Å². The summed E-state index contributed by atoms with van der Waals surface area (Å²) in [5, 5.41) is 0. The molecule has 0 saturated carbocycles. The van der Waals surface area contributed by atoms with Gasteiger partial charge < -0.3 is 15.5 Å². The van der Waals surface area contributed by atoms with Crippen molar-refractivity contribution < 1.29 is 9.18 Å². The van der Waals surface area contributed by atoms with E-state index in [1.807, 2.05) is 24.3 Å². The maximum atomic E-state index is 13.8. The molecule has 3 rings (SSSR count). The van der Waals surface area contributed by atoms with E-state index in [1.54, 1.807) is 23.1 Å². The lowest BCUT2D eigenvalue weighted by atomic mass is 10.2. The first-order valence-electron chi connectivity index (χ1n) is 7.79. The van der Waals surface area contributed by atoms with Gasteiger partial charge in [-0.2, -0.15) is 0 Å². The quantitative estimate of drug-likeness (QED) is 0.867. The van der Waals surface area contributed by atoms with Gasteiger partial charge in [0.1, 0.15) is 5.82 Å². The predicted octanol–water partition coefficient (Wildman–Crippen LogP) is 2.76. The van der Waals surface area contributed by atoms with E-state index in [4.69, 9.17) is 5.73 Å². The van der Waals surface area contributed by atoms with Crippen molar-refractivity contribution in [2.24, 2.45) is 0 Å². The fraction of sp³-hybridized carbons (Fsp3) is 0.278. The molecule has 1 amide bonds. The lowest BCUT2D eigenvalue weighted by Crippen LogP contribution is -2.35. The minimum Gasteiger partial charge on any atom is -0.399 e. The van der Waals surface area contributed by atoms with E-state index >= 15 is 0 Å². The van der Waals surface area contributed by atoms with E-state index in [-0.39, 0.29) is 11.5 Å². The number of carbonyl (C=O) groups excluding carboxylic acids is 1. The predicted molar refractivity (Wildman–Crippen MR) is 90.0 cm³/mol. The van der Waals surface area contributed by atoms with E-state index in [1.165, 1.54) is 6.07 Å². The van der Waals surface area contributed by atoms with Gasteiger partial charge in [-0.05, 0) is 42.8 Å².